The van der Waals surface area contributed by atoms with Crippen molar-refractivity contribution in [1.82, 2.24) is 14.5 Å². The SMILES string of the molecule is Cc1ccc(C)c(N(CC(=O)N(Cc2ccccc2Cl)[C@@H](C)C(=O)NC2CCCC2)S(=O)(=O)N(C)C)c1. The fourth-order valence-electron chi connectivity index (χ4n) is 4.47. The first-order valence-electron chi connectivity index (χ1n) is 12.5. The predicted molar refractivity (Wildman–Crippen MR) is 148 cm³/mol. The van der Waals surface area contributed by atoms with E-state index in [2.05, 4.69) is 5.32 Å². The second-order valence-electron chi connectivity index (χ2n) is 9.87. The van der Waals surface area contributed by atoms with Crippen molar-refractivity contribution in [3.8, 4) is 0 Å². The lowest BCUT2D eigenvalue weighted by Gasteiger charge is -2.34. The maximum absolute atomic E-state index is 13.9. The van der Waals surface area contributed by atoms with Gasteiger partial charge in [0.1, 0.15) is 12.6 Å². The Kier molecular flexibility index (Phi) is 9.61. The number of aryl methyl sites for hydroxylation is 2. The molecule has 1 atom stereocenters. The van der Waals surface area contributed by atoms with Crippen molar-refractivity contribution in [3.63, 3.8) is 0 Å². The normalized spacial score (nSPS) is 15.0. The maximum atomic E-state index is 13.9. The van der Waals surface area contributed by atoms with Crippen LogP contribution in [0, 0.1) is 13.8 Å². The highest BCUT2D eigenvalue weighted by atomic mass is 35.5. The highest BCUT2D eigenvalue weighted by Crippen LogP contribution is 2.27. The van der Waals surface area contributed by atoms with Gasteiger partial charge in [-0.05, 0) is 62.4 Å². The van der Waals surface area contributed by atoms with Crippen LogP contribution in [0.4, 0.5) is 5.69 Å². The largest absolute Gasteiger partial charge is 0.352 e. The predicted octanol–water partition coefficient (Wildman–Crippen LogP) is 4.05. The van der Waals surface area contributed by atoms with Crippen LogP contribution in [0.1, 0.15) is 49.3 Å². The molecule has 0 aliphatic heterocycles. The number of amides is 2. The second-order valence-corrected chi connectivity index (χ2v) is 12.3. The molecule has 1 saturated carbocycles. The molecule has 202 valence electrons. The van der Waals surface area contributed by atoms with Crippen LogP contribution in [-0.2, 0) is 26.3 Å². The van der Waals surface area contributed by atoms with Crippen LogP contribution in [0.5, 0.6) is 0 Å². The van der Waals surface area contributed by atoms with E-state index < -0.39 is 28.7 Å². The topological polar surface area (TPSA) is 90.0 Å². The molecule has 10 heteroatoms. The molecule has 0 spiro atoms. The molecule has 2 aromatic rings. The van der Waals surface area contributed by atoms with E-state index in [4.69, 9.17) is 11.6 Å². The fraction of sp³-hybridized carbons (Fsp3) is 0.481. The molecule has 0 aromatic heterocycles. The number of carbonyl (C=O) groups is 2. The summed E-state index contributed by atoms with van der Waals surface area (Å²) in [6.45, 7) is 4.94. The molecule has 3 rings (SSSR count). The van der Waals surface area contributed by atoms with Crippen molar-refractivity contribution in [2.45, 2.75) is 65.1 Å². The van der Waals surface area contributed by atoms with Crippen LogP contribution in [0.2, 0.25) is 5.02 Å². The number of halogens is 1. The van der Waals surface area contributed by atoms with E-state index in [1.54, 1.807) is 38.1 Å². The number of rotatable bonds is 10. The zero-order valence-electron chi connectivity index (χ0n) is 22.2. The number of benzene rings is 2. The molecule has 1 N–H and O–H groups in total. The number of hydrogen-bond donors (Lipinski definition) is 1. The van der Waals surface area contributed by atoms with Crippen LogP contribution in [0.25, 0.3) is 0 Å². The van der Waals surface area contributed by atoms with Crippen LogP contribution in [-0.4, -0.2) is 62.2 Å². The summed E-state index contributed by atoms with van der Waals surface area (Å²) in [4.78, 5) is 28.5. The van der Waals surface area contributed by atoms with E-state index in [1.165, 1.54) is 19.0 Å². The third-order valence-corrected chi connectivity index (χ3v) is 8.99. The minimum absolute atomic E-state index is 0.0699. The molecule has 0 radical (unpaired) electrons. The Morgan fingerprint density at radius 2 is 1.73 bits per heavy atom. The Morgan fingerprint density at radius 1 is 1.08 bits per heavy atom. The monoisotopic (exact) mass is 548 g/mol. The van der Waals surface area contributed by atoms with Crippen molar-refractivity contribution >= 4 is 39.3 Å². The molecular weight excluding hydrogens is 512 g/mol. The molecular formula is C27H37ClN4O4S. The van der Waals surface area contributed by atoms with Crippen LogP contribution in [0.3, 0.4) is 0 Å². The zero-order chi connectivity index (χ0) is 27.3. The standard InChI is InChI=1S/C27H37ClN4O4S/c1-19-14-15-20(2)25(16-19)32(37(35,36)30(4)5)18-26(33)31(17-22-10-6-9-13-24(22)28)21(3)27(34)29-23-11-7-8-12-23/h6,9-10,13-16,21,23H,7-8,11-12,17-18H2,1-5H3,(H,29,34)/t21-/m0/s1. The molecule has 0 bridgehead atoms. The molecule has 0 unspecified atom stereocenters. The van der Waals surface area contributed by atoms with Crippen molar-refractivity contribution in [3.05, 3.63) is 64.2 Å². The van der Waals surface area contributed by atoms with Gasteiger partial charge in [-0.2, -0.15) is 12.7 Å². The zero-order valence-corrected chi connectivity index (χ0v) is 23.8. The second kappa shape index (κ2) is 12.3. The molecule has 1 aliphatic carbocycles. The summed E-state index contributed by atoms with van der Waals surface area (Å²) >= 11 is 6.40. The summed E-state index contributed by atoms with van der Waals surface area (Å²) in [6.07, 6.45) is 3.96. The lowest BCUT2D eigenvalue weighted by atomic mass is 10.1. The van der Waals surface area contributed by atoms with Gasteiger partial charge in [-0.25, -0.2) is 4.31 Å². The molecule has 0 saturated heterocycles. The van der Waals surface area contributed by atoms with Crippen molar-refractivity contribution < 1.29 is 18.0 Å². The minimum atomic E-state index is -4.01. The third kappa shape index (κ3) is 7.03. The Morgan fingerprint density at radius 3 is 2.35 bits per heavy atom. The molecule has 0 heterocycles. The van der Waals surface area contributed by atoms with Gasteiger partial charge in [-0.15, -0.1) is 0 Å². The number of nitrogens with zero attached hydrogens (tertiary/aromatic N) is 3. The lowest BCUT2D eigenvalue weighted by molar-refractivity contribution is -0.139. The minimum Gasteiger partial charge on any atom is -0.352 e. The van der Waals surface area contributed by atoms with E-state index in [0.29, 0.717) is 21.8 Å². The molecule has 2 amide bonds. The summed E-state index contributed by atoms with van der Waals surface area (Å²) in [6, 6.07) is 11.8. The lowest BCUT2D eigenvalue weighted by Crippen LogP contribution is -2.53. The molecule has 1 aliphatic rings. The quantitative estimate of drug-likeness (QED) is 0.485. The molecule has 8 nitrogen and oxygen atoms in total. The van der Waals surface area contributed by atoms with Gasteiger partial charge in [0, 0.05) is 31.7 Å². The van der Waals surface area contributed by atoms with Crippen molar-refractivity contribution in [2.24, 2.45) is 0 Å². The summed E-state index contributed by atoms with van der Waals surface area (Å²) in [7, 11) is -1.16. The van der Waals surface area contributed by atoms with Gasteiger partial charge in [0.2, 0.25) is 11.8 Å². The number of carbonyl (C=O) groups excluding carboxylic acids is 2. The van der Waals surface area contributed by atoms with Crippen LogP contribution < -0.4 is 9.62 Å². The number of hydrogen-bond acceptors (Lipinski definition) is 4. The van der Waals surface area contributed by atoms with Gasteiger partial charge >= 0.3 is 10.2 Å². The van der Waals surface area contributed by atoms with E-state index >= 15 is 0 Å². The van der Waals surface area contributed by atoms with Crippen molar-refractivity contribution in [1.29, 1.82) is 0 Å². The fourth-order valence-corrected chi connectivity index (χ4v) is 5.78. The van der Waals surface area contributed by atoms with Gasteiger partial charge in [-0.3, -0.25) is 9.59 Å². The first kappa shape index (κ1) is 28.9. The van der Waals surface area contributed by atoms with Gasteiger partial charge in [0.25, 0.3) is 0 Å². The number of nitrogens with one attached hydrogen (secondary N) is 1. The molecule has 37 heavy (non-hydrogen) atoms. The van der Waals surface area contributed by atoms with Gasteiger partial charge in [0.15, 0.2) is 0 Å². The van der Waals surface area contributed by atoms with E-state index in [-0.39, 0.29) is 18.5 Å². The van der Waals surface area contributed by atoms with Crippen molar-refractivity contribution in [2.75, 3.05) is 24.9 Å². The summed E-state index contributed by atoms with van der Waals surface area (Å²) in [5.74, 6) is -0.763. The Labute approximate surface area is 225 Å². The highest BCUT2D eigenvalue weighted by Gasteiger charge is 2.34. The highest BCUT2D eigenvalue weighted by molar-refractivity contribution is 7.90. The van der Waals surface area contributed by atoms with E-state index in [1.807, 2.05) is 25.1 Å². The number of anilines is 1. The van der Waals surface area contributed by atoms with Gasteiger partial charge in [0.05, 0.1) is 5.69 Å². The first-order chi connectivity index (χ1) is 17.4. The van der Waals surface area contributed by atoms with E-state index in [9.17, 15) is 18.0 Å². The summed E-state index contributed by atoms with van der Waals surface area (Å²) in [5, 5.41) is 3.53. The maximum Gasteiger partial charge on any atom is 0.304 e. The van der Waals surface area contributed by atoms with Gasteiger partial charge < -0.3 is 10.2 Å². The Bertz CT molecular complexity index is 1230. The van der Waals surface area contributed by atoms with Crippen LogP contribution >= 0.6 is 11.6 Å². The summed E-state index contributed by atoms with van der Waals surface area (Å²) < 4.78 is 28.9. The Balaban J connectivity index is 1.97. The average molecular weight is 549 g/mol. The third-order valence-electron chi connectivity index (χ3n) is 6.82. The molecule has 2 aromatic carbocycles. The summed E-state index contributed by atoms with van der Waals surface area (Å²) in [5.41, 5.74) is 2.67. The van der Waals surface area contributed by atoms with Gasteiger partial charge in [-0.1, -0.05) is 54.8 Å². The van der Waals surface area contributed by atoms with E-state index in [0.717, 1.165) is 39.9 Å². The van der Waals surface area contributed by atoms with Crippen LogP contribution in [0.15, 0.2) is 42.5 Å². The Hall–Kier alpha value is -2.62. The molecule has 1 fully saturated rings. The smallest absolute Gasteiger partial charge is 0.304 e. The first-order valence-corrected chi connectivity index (χ1v) is 14.3. The average Bonchev–Trinajstić information content (AvgIpc) is 3.36.